The molecule has 0 bridgehead atoms. The molecule has 0 unspecified atom stereocenters. The van der Waals surface area contributed by atoms with Gasteiger partial charge in [0.2, 0.25) is 5.95 Å². The molecule has 2 amide bonds. The molecule has 0 aliphatic rings. The van der Waals surface area contributed by atoms with Crippen molar-refractivity contribution in [2.24, 2.45) is 0 Å². The third kappa shape index (κ3) is 4.37. The van der Waals surface area contributed by atoms with Crippen LogP contribution >= 0.6 is 0 Å². The van der Waals surface area contributed by atoms with Gasteiger partial charge in [0.25, 0.3) is 5.56 Å². The van der Waals surface area contributed by atoms with Crippen LogP contribution in [0.5, 0.6) is 11.5 Å². The Bertz CT molecular complexity index is 1100. The molecular formula is C19H22N6O4. The predicted molar refractivity (Wildman–Crippen MR) is 108 cm³/mol. The van der Waals surface area contributed by atoms with E-state index in [1.807, 2.05) is 0 Å². The van der Waals surface area contributed by atoms with E-state index >= 15 is 0 Å². The Morgan fingerprint density at radius 1 is 1.03 bits per heavy atom. The summed E-state index contributed by atoms with van der Waals surface area (Å²) in [6.07, 6.45) is 0. The Balaban J connectivity index is 1.86. The molecule has 10 heteroatoms. The summed E-state index contributed by atoms with van der Waals surface area (Å²) in [4.78, 5) is 31.6. The summed E-state index contributed by atoms with van der Waals surface area (Å²) in [7, 11) is 3.05. The molecule has 0 spiro atoms. The van der Waals surface area contributed by atoms with Gasteiger partial charge in [-0.1, -0.05) is 0 Å². The molecule has 29 heavy (non-hydrogen) atoms. The average Bonchev–Trinajstić information content (AvgIpc) is 3.05. The number of carbonyl (C=O) groups is 1. The van der Waals surface area contributed by atoms with Crippen LogP contribution in [0.25, 0.3) is 5.95 Å². The summed E-state index contributed by atoms with van der Waals surface area (Å²) >= 11 is 0. The Labute approximate surface area is 166 Å². The lowest BCUT2D eigenvalue weighted by Crippen LogP contribution is -2.23. The Morgan fingerprint density at radius 3 is 2.28 bits per heavy atom. The van der Waals surface area contributed by atoms with Crippen LogP contribution < -0.4 is 25.7 Å². The molecule has 10 nitrogen and oxygen atoms in total. The van der Waals surface area contributed by atoms with Gasteiger partial charge in [-0.2, -0.15) is 9.78 Å². The summed E-state index contributed by atoms with van der Waals surface area (Å²) in [5.41, 5.74) is 1.97. The minimum atomic E-state index is -0.507. The van der Waals surface area contributed by atoms with Crippen molar-refractivity contribution in [1.29, 1.82) is 0 Å². The molecule has 2 heterocycles. The van der Waals surface area contributed by atoms with Gasteiger partial charge in [-0.15, -0.1) is 0 Å². The zero-order valence-electron chi connectivity index (χ0n) is 16.8. The van der Waals surface area contributed by atoms with Crippen LogP contribution in [0.2, 0.25) is 0 Å². The number of urea groups is 1. The maximum Gasteiger partial charge on any atom is 0.324 e. The number of carbonyl (C=O) groups excluding carboxylic acids is 1. The maximum absolute atomic E-state index is 12.5. The van der Waals surface area contributed by atoms with Crippen molar-refractivity contribution in [3.8, 4) is 17.4 Å². The van der Waals surface area contributed by atoms with E-state index in [4.69, 9.17) is 9.47 Å². The molecule has 0 aliphatic carbocycles. The third-order valence-corrected chi connectivity index (χ3v) is 4.27. The summed E-state index contributed by atoms with van der Waals surface area (Å²) in [6, 6.07) is 6.18. The van der Waals surface area contributed by atoms with Crippen LogP contribution in [-0.2, 0) is 0 Å². The second kappa shape index (κ2) is 8.05. The number of benzene rings is 1. The van der Waals surface area contributed by atoms with Gasteiger partial charge in [-0.3, -0.25) is 15.1 Å². The first kappa shape index (κ1) is 19.9. The van der Waals surface area contributed by atoms with Gasteiger partial charge in [0, 0.05) is 41.2 Å². The first-order valence-electron chi connectivity index (χ1n) is 8.76. The number of ether oxygens (including phenoxy) is 2. The molecule has 0 atom stereocenters. The van der Waals surface area contributed by atoms with Gasteiger partial charge in [0.15, 0.2) is 0 Å². The van der Waals surface area contributed by atoms with E-state index in [0.29, 0.717) is 40.0 Å². The lowest BCUT2D eigenvalue weighted by molar-refractivity contribution is 0.262. The van der Waals surface area contributed by atoms with Crippen molar-refractivity contribution >= 4 is 17.5 Å². The molecule has 0 fully saturated rings. The summed E-state index contributed by atoms with van der Waals surface area (Å²) < 4.78 is 11.8. The number of rotatable bonds is 5. The van der Waals surface area contributed by atoms with Gasteiger partial charge < -0.3 is 14.8 Å². The van der Waals surface area contributed by atoms with Crippen LogP contribution in [0.15, 0.2) is 29.1 Å². The van der Waals surface area contributed by atoms with Gasteiger partial charge in [0.05, 0.1) is 19.9 Å². The number of methoxy groups -OCH3 is 2. The standard InChI is InChI=1S/C19H22N6O4/c1-10-6-16(25(24-10)18-20-12(3)11(2)17(26)23-18)22-19(27)21-13-7-14(28-4)9-15(8-13)29-5/h6-9H,1-5H3,(H,20,23,26)(H2,21,22,27). The minimum Gasteiger partial charge on any atom is -0.497 e. The fourth-order valence-electron chi connectivity index (χ4n) is 2.64. The molecule has 3 aromatic rings. The highest BCUT2D eigenvalue weighted by molar-refractivity contribution is 5.99. The lowest BCUT2D eigenvalue weighted by atomic mass is 10.3. The molecule has 0 saturated heterocycles. The number of nitrogens with one attached hydrogen (secondary N) is 3. The Kier molecular flexibility index (Phi) is 5.53. The third-order valence-electron chi connectivity index (χ3n) is 4.27. The number of aromatic amines is 1. The number of H-pyrrole nitrogens is 1. The number of nitrogens with zero attached hydrogens (tertiary/aromatic N) is 3. The molecule has 1 aromatic carbocycles. The quantitative estimate of drug-likeness (QED) is 0.607. The number of aromatic nitrogens is 4. The molecule has 2 aromatic heterocycles. The average molecular weight is 398 g/mol. The van der Waals surface area contributed by atoms with E-state index in [2.05, 4.69) is 25.7 Å². The van der Waals surface area contributed by atoms with E-state index in [1.54, 1.807) is 45.0 Å². The zero-order chi connectivity index (χ0) is 21.1. The van der Waals surface area contributed by atoms with Gasteiger partial charge in [0.1, 0.15) is 17.3 Å². The van der Waals surface area contributed by atoms with Crippen molar-refractivity contribution in [2.75, 3.05) is 24.9 Å². The fourth-order valence-corrected chi connectivity index (χ4v) is 2.64. The predicted octanol–water partition coefficient (Wildman–Crippen LogP) is 2.54. The van der Waals surface area contributed by atoms with Crippen molar-refractivity contribution in [1.82, 2.24) is 19.7 Å². The number of anilines is 2. The summed E-state index contributed by atoms with van der Waals surface area (Å²) in [5.74, 6) is 1.64. The van der Waals surface area contributed by atoms with E-state index in [-0.39, 0.29) is 11.5 Å². The van der Waals surface area contributed by atoms with Crippen LogP contribution in [-0.4, -0.2) is 40.0 Å². The first-order chi connectivity index (χ1) is 13.8. The summed E-state index contributed by atoms with van der Waals surface area (Å²) in [5, 5.41) is 9.74. The normalized spacial score (nSPS) is 10.5. The minimum absolute atomic E-state index is 0.213. The van der Waals surface area contributed by atoms with Crippen LogP contribution in [0.4, 0.5) is 16.3 Å². The first-order valence-corrected chi connectivity index (χ1v) is 8.76. The smallest absolute Gasteiger partial charge is 0.324 e. The van der Waals surface area contributed by atoms with Gasteiger partial charge >= 0.3 is 6.03 Å². The fraction of sp³-hybridized carbons (Fsp3) is 0.263. The highest BCUT2D eigenvalue weighted by Gasteiger charge is 2.15. The lowest BCUT2D eigenvalue weighted by Gasteiger charge is -2.12. The monoisotopic (exact) mass is 398 g/mol. The summed E-state index contributed by atoms with van der Waals surface area (Å²) in [6.45, 7) is 5.19. The highest BCUT2D eigenvalue weighted by Crippen LogP contribution is 2.26. The molecular weight excluding hydrogens is 376 g/mol. The number of amides is 2. The van der Waals surface area contributed by atoms with E-state index < -0.39 is 6.03 Å². The van der Waals surface area contributed by atoms with Crippen LogP contribution in [0.1, 0.15) is 17.0 Å². The van der Waals surface area contributed by atoms with Crippen molar-refractivity contribution in [3.05, 3.63) is 51.6 Å². The van der Waals surface area contributed by atoms with E-state index in [1.165, 1.54) is 18.9 Å². The zero-order valence-corrected chi connectivity index (χ0v) is 16.8. The molecule has 0 aliphatic heterocycles. The topological polar surface area (TPSA) is 123 Å². The second-order valence-electron chi connectivity index (χ2n) is 6.36. The van der Waals surface area contributed by atoms with Crippen molar-refractivity contribution in [3.63, 3.8) is 0 Å². The second-order valence-corrected chi connectivity index (χ2v) is 6.36. The van der Waals surface area contributed by atoms with Gasteiger partial charge in [-0.05, 0) is 20.8 Å². The number of hydrogen-bond donors (Lipinski definition) is 3. The number of aryl methyl sites for hydroxylation is 2. The SMILES string of the molecule is COc1cc(NC(=O)Nc2cc(C)nn2-c2nc(C)c(C)c(=O)[nH]2)cc(OC)c1. The Hall–Kier alpha value is -3.82. The Morgan fingerprint density at radius 2 is 1.69 bits per heavy atom. The van der Waals surface area contributed by atoms with Crippen molar-refractivity contribution in [2.45, 2.75) is 20.8 Å². The van der Waals surface area contributed by atoms with Gasteiger partial charge in [-0.25, -0.2) is 9.78 Å². The molecule has 3 rings (SSSR count). The van der Waals surface area contributed by atoms with Crippen LogP contribution in [0, 0.1) is 20.8 Å². The van der Waals surface area contributed by atoms with E-state index in [0.717, 1.165) is 0 Å². The largest absolute Gasteiger partial charge is 0.497 e. The molecule has 152 valence electrons. The molecule has 0 radical (unpaired) electrons. The molecule has 0 saturated carbocycles. The van der Waals surface area contributed by atoms with E-state index in [9.17, 15) is 9.59 Å². The van der Waals surface area contributed by atoms with Crippen molar-refractivity contribution < 1.29 is 14.3 Å². The maximum atomic E-state index is 12.5. The highest BCUT2D eigenvalue weighted by atomic mass is 16.5. The van der Waals surface area contributed by atoms with Crippen LogP contribution in [0.3, 0.4) is 0 Å². The number of hydrogen-bond acceptors (Lipinski definition) is 6. The molecule has 3 N–H and O–H groups in total.